The zero-order chi connectivity index (χ0) is 28.7. The average molecular weight is 608 g/mol. The van der Waals surface area contributed by atoms with Gasteiger partial charge in [-0.3, -0.25) is 0 Å². The zero-order valence-electron chi connectivity index (χ0n) is 21.9. The predicted octanol–water partition coefficient (Wildman–Crippen LogP) is 8.39. The van der Waals surface area contributed by atoms with Crippen LogP contribution in [0.2, 0.25) is 15.1 Å². The summed E-state index contributed by atoms with van der Waals surface area (Å²) in [7, 11) is 1.31. The number of nitrogens with zero attached hydrogens (tertiary/aromatic N) is 2. The highest BCUT2D eigenvalue weighted by atomic mass is 35.5. The predicted molar refractivity (Wildman–Crippen MR) is 156 cm³/mol. The Hall–Kier alpha value is -3.96. The Morgan fingerprint density at radius 1 is 1.05 bits per heavy atom. The van der Waals surface area contributed by atoms with Crippen LogP contribution in [0.3, 0.4) is 0 Å². The second kappa shape index (κ2) is 11.1. The molecule has 1 aliphatic carbocycles. The molecule has 0 amide bonds. The van der Waals surface area contributed by atoms with Gasteiger partial charge in [-0.15, -0.1) is 0 Å². The number of oxazole rings is 1. The molecule has 0 atom stereocenters. The summed E-state index contributed by atoms with van der Waals surface area (Å²) in [6.45, 7) is 1.90. The fourth-order valence-corrected chi connectivity index (χ4v) is 5.30. The fourth-order valence-electron chi connectivity index (χ4n) is 4.51. The average Bonchev–Trinajstić information content (AvgIpc) is 3.60. The molecular weight excluding hydrogens is 587 g/mol. The third-order valence-electron chi connectivity index (χ3n) is 6.63. The van der Waals surface area contributed by atoms with Crippen molar-refractivity contribution in [3.63, 3.8) is 0 Å². The van der Waals surface area contributed by atoms with E-state index >= 15 is 0 Å². The SMILES string of the molecule is COC(=O)c1cc(C#Cc2ccc(OCc3c(-c4c(Cl)cccc4Cl)noc3C3CC3)cc2Cl)cc2nc(C)oc12. The first-order chi connectivity index (χ1) is 19.8. The number of aryl methyl sites for hydroxylation is 1. The minimum atomic E-state index is -0.535. The smallest absolute Gasteiger partial charge is 0.341 e. The number of aromatic nitrogens is 2. The van der Waals surface area contributed by atoms with Crippen molar-refractivity contribution in [1.29, 1.82) is 0 Å². The Bertz CT molecular complexity index is 1860. The number of methoxy groups -OCH3 is 1. The Kier molecular flexibility index (Phi) is 7.39. The van der Waals surface area contributed by atoms with Crippen LogP contribution in [0.15, 0.2) is 57.5 Å². The number of benzene rings is 3. The van der Waals surface area contributed by atoms with E-state index < -0.39 is 5.97 Å². The van der Waals surface area contributed by atoms with E-state index in [1.165, 1.54) is 7.11 Å². The fraction of sp³-hybridized carbons (Fsp3) is 0.194. The molecule has 10 heteroatoms. The van der Waals surface area contributed by atoms with Gasteiger partial charge in [-0.25, -0.2) is 9.78 Å². The van der Waals surface area contributed by atoms with Gasteiger partial charge in [0.2, 0.25) is 0 Å². The molecule has 0 N–H and O–H groups in total. The Morgan fingerprint density at radius 3 is 2.54 bits per heavy atom. The molecule has 0 saturated heterocycles. The lowest BCUT2D eigenvalue weighted by Crippen LogP contribution is -2.02. The molecule has 2 heterocycles. The lowest BCUT2D eigenvalue weighted by Gasteiger charge is -2.10. The quantitative estimate of drug-likeness (QED) is 0.141. The minimum Gasteiger partial charge on any atom is -0.489 e. The van der Waals surface area contributed by atoms with Gasteiger partial charge in [0.05, 0.1) is 27.7 Å². The highest BCUT2D eigenvalue weighted by Gasteiger charge is 2.33. The maximum absolute atomic E-state index is 12.3. The van der Waals surface area contributed by atoms with Crippen molar-refractivity contribution in [2.24, 2.45) is 0 Å². The topological polar surface area (TPSA) is 87.6 Å². The largest absolute Gasteiger partial charge is 0.489 e. The summed E-state index contributed by atoms with van der Waals surface area (Å²) in [5.74, 6) is 7.64. The Balaban J connectivity index is 1.25. The van der Waals surface area contributed by atoms with Crippen molar-refractivity contribution in [2.45, 2.75) is 32.3 Å². The van der Waals surface area contributed by atoms with Gasteiger partial charge in [-0.2, -0.15) is 0 Å². The second-order valence-corrected chi connectivity index (χ2v) is 10.7. The van der Waals surface area contributed by atoms with Gasteiger partial charge in [0.25, 0.3) is 0 Å². The van der Waals surface area contributed by atoms with Gasteiger partial charge in [0.1, 0.15) is 34.9 Å². The summed E-state index contributed by atoms with van der Waals surface area (Å²) < 4.78 is 22.3. The van der Waals surface area contributed by atoms with Crippen molar-refractivity contribution >= 4 is 51.9 Å². The molecule has 1 fully saturated rings. The van der Waals surface area contributed by atoms with Gasteiger partial charge in [-0.05, 0) is 49.2 Å². The maximum Gasteiger partial charge on any atom is 0.341 e. The highest BCUT2D eigenvalue weighted by Crippen LogP contribution is 2.46. The van der Waals surface area contributed by atoms with Crippen LogP contribution in [0.4, 0.5) is 0 Å². The zero-order valence-corrected chi connectivity index (χ0v) is 24.2. The number of carbonyl (C=O) groups excluding carboxylic acids is 1. The Labute approximate surface area is 250 Å². The molecule has 0 radical (unpaired) electrons. The van der Waals surface area contributed by atoms with E-state index in [9.17, 15) is 4.79 Å². The summed E-state index contributed by atoms with van der Waals surface area (Å²) >= 11 is 19.5. The van der Waals surface area contributed by atoms with Crippen LogP contribution in [0, 0.1) is 18.8 Å². The van der Waals surface area contributed by atoms with Crippen LogP contribution in [0.25, 0.3) is 22.4 Å². The first-order valence-electron chi connectivity index (χ1n) is 12.7. The summed E-state index contributed by atoms with van der Waals surface area (Å²) in [6, 6.07) is 13.9. The normalized spacial score (nSPS) is 12.7. The van der Waals surface area contributed by atoms with E-state index in [4.69, 9.17) is 53.2 Å². The molecule has 2 aromatic heterocycles. The van der Waals surface area contributed by atoms with Gasteiger partial charge in [-0.1, -0.05) is 57.9 Å². The first-order valence-corrected chi connectivity index (χ1v) is 13.8. The van der Waals surface area contributed by atoms with Crippen molar-refractivity contribution < 1.29 is 23.2 Å². The van der Waals surface area contributed by atoms with E-state index in [0.717, 1.165) is 24.2 Å². The van der Waals surface area contributed by atoms with Gasteiger partial charge in [0.15, 0.2) is 11.5 Å². The number of esters is 1. The van der Waals surface area contributed by atoms with Gasteiger partial charge < -0.3 is 18.4 Å². The second-order valence-electron chi connectivity index (χ2n) is 9.52. The van der Waals surface area contributed by atoms with E-state index in [0.29, 0.717) is 66.1 Å². The molecule has 5 aromatic rings. The molecule has 3 aromatic carbocycles. The highest BCUT2D eigenvalue weighted by molar-refractivity contribution is 6.39. The standard InChI is InChI=1S/C31H21Cl3N2O5/c1-16-35-26-13-17(12-21(30(26)40-16)31(37)38-2)6-7-18-10-11-20(14-25(18)34)39-15-22-28(36-41-29(22)19-8-9-19)27-23(32)4-3-5-24(27)33/h3-5,10-14,19H,8-9,15H2,1-2H3. The number of halogens is 3. The molecule has 0 spiro atoms. The van der Waals surface area contributed by atoms with Crippen molar-refractivity contribution in [3.8, 4) is 28.8 Å². The maximum atomic E-state index is 12.3. The number of ether oxygens (including phenoxy) is 2. The van der Waals surface area contributed by atoms with Crippen molar-refractivity contribution in [3.05, 3.63) is 97.5 Å². The monoisotopic (exact) mass is 606 g/mol. The molecule has 1 saturated carbocycles. The molecular formula is C31H21Cl3N2O5. The summed E-state index contributed by atoms with van der Waals surface area (Å²) in [5, 5.41) is 5.67. The van der Waals surface area contributed by atoms with Crippen LogP contribution >= 0.6 is 34.8 Å². The molecule has 41 heavy (non-hydrogen) atoms. The minimum absolute atomic E-state index is 0.195. The lowest BCUT2D eigenvalue weighted by molar-refractivity contribution is 0.0601. The van der Waals surface area contributed by atoms with E-state index in [1.807, 2.05) is 0 Å². The lowest BCUT2D eigenvalue weighted by atomic mass is 10.0. The van der Waals surface area contributed by atoms with Gasteiger partial charge >= 0.3 is 5.97 Å². The first kappa shape index (κ1) is 27.2. The van der Waals surface area contributed by atoms with Crippen LogP contribution in [-0.2, 0) is 11.3 Å². The number of fused-ring (bicyclic) bond motifs is 1. The van der Waals surface area contributed by atoms with Gasteiger partial charge in [0, 0.05) is 35.6 Å². The summed E-state index contributed by atoms with van der Waals surface area (Å²) in [6.07, 6.45) is 2.06. The number of hydrogen-bond donors (Lipinski definition) is 0. The van der Waals surface area contributed by atoms with Crippen LogP contribution in [-0.4, -0.2) is 23.2 Å². The molecule has 0 unspecified atom stereocenters. The van der Waals surface area contributed by atoms with E-state index in [2.05, 4.69) is 22.0 Å². The van der Waals surface area contributed by atoms with Crippen molar-refractivity contribution in [1.82, 2.24) is 10.1 Å². The Morgan fingerprint density at radius 2 is 1.83 bits per heavy atom. The van der Waals surface area contributed by atoms with Crippen LogP contribution in [0.1, 0.15) is 57.5 Å². The van der Waals surface area contributed by atoms with Crippen LogP contribution in [0.5, 0.6) is 5.75 Å². The summed E-state index contributed by atoms with van der Waals surface area (Å²) in [5.41, 5.74) is 4.27. The molecule has 7 nitrogen and oxygen atoms in total. The van der Waals surface area contributed by atoms with E-state index in [-0.39, 0.29) is 12.2 Å². The molecule has 206 valence electrons. The third kappa shape index (κ3) is 5.51. The van der Waals surface area contributed by atoms with Crippen LogP contribution < -0.4 is 4.74 Å². The molecule has 1 aliphatic rings. The number of rotatable bonds is 6. The number of hydrogen-bond acceptors (Lipinski definition) is 7. The molecule has 0 aliphatic heterocycles. The molecule has 0 bridgehead atoms. The summed E-state index contributed by atoms with van der Waals surface area (Å²) in [4.78, 5) is 16.6. The number of carbonyl (C=O) groups is 1. The van der Waals surface area contributed by atoms with E-state index in [1.54, 1.807) is 55.5 Å². The van der Waals surface area contributed by atoms with Crippen molar-refractivity contribution in [2.75, 3.05) is 7.11 Å². The third-order valence-corrected chi connectivity index (χ3v) is 7.58. The molecule has 6 rings (SSSR count).